The molecule has 0 aromatic rings. The number of hydrogen-bond acceptors (Lipinski definition) is 2. The van der Waals surface area contributed by atoms with E-state index < -0.39 is 0 Å². The molecule has 2 heteroatoms. The van der Waals surface area contributed by atoms with E-state index in [2.05, 4.69) is 72.7 Å². The smallest absolute Gasteiger partial charge is 0.0243 e. The van der Waals surface area contributed by atoms with Gasteiger partial charge in [-0.1, -0.05) is 48.5 Å². The van der Waals surface area contributed by atoms with Crippen LogP contribution in [-0.4, -0.2) is 23.6 Å². The van der Waals surface area contributed by atoms with Gasteiger partial charge in [0.15, 0.2) is 0 Å². The molecule has 0 heterocycles. The van der Waals surface area contributed by atoms with Crippen LogP contribution in [0.25, 0.3) is 0 Å². The van der Waals surface area contributed by atoms with Crippen LogP contribution in [0.5, 0.6) is 0 Å². The van der Waals surface area contributed by atoms with Crippen LogP contribution in [0.4, 0.5) is 0 Å². The van der Waals surface area contributed by atoms with Crippen LogP contribution in [0.3, 0.4) is 0 Å². The molecule has 0 fully saturated rings. The first-order valence-electron chi connectivity index (χ1n) is 7.75. The van der Waals surface area contributed by atoms with Crippen LogP contribution >= 0.6 is 0 Å². The largest absolute Gasteiger partial charge is 0.252 e. The van der Waals surface area contributed by atoms with E-state index in [1.165, 1.54) is 0 Å². The molecule has 0 aromatic carbocycles. The van der Waals surface area contributed by atoms with E-state index in [0.717, 1.165) is 18.4 Å². The summed E-state index contributed by atoms with van der Waals surface area (Å²) in [5.74, 6) is 2.86. The zero-order chi connectivity index (χ0) is 14.5. The summed E-state index contributed by atoms with van der Waals surface area (Å²) in [7, 11) is 0. The molecule has 0 aliphatic heterocycles. The second-order valence-corrected chi connectivity index (χ2v) is 6.65. The summed E-state index contributed by atoms with van der Waals surface area (Å²) in [5, 5.41) is 2.42. The average molecular weight is 256 g/mol. The van der Waals surface area contributed by atoms with Crippen LogP contribution in [0.1, 0.15) is 62.3 Å². The topological polar surface area (TPSA) is 15.3 Å². The Morgan fingerprint density at radius 2 is 1.22 bits per heavy atom. The van der Waals surface area contributed by atoms with Crippen molar-refractivity contribution in [1.82, 2.24) is 10.4 Å². The number of rotatable bonds is 8. The van der Waals surface area contributed by atoms with Crippen molar-refractivity contribution in [3.05, 3.63) is 0 Å². The Hall–Kier alpha value is -0.0800. The maximum Gasteiger partial charge on any atom is 0.0243 e. The molecule has 1 N–H and O–H groups in total. The SMILES string of the molecule is CCN(NC(C)C(C)C(C)C)[C@@H](C)[C@@H](C)C(C)C. The highest BCUT2D eigenvalue weighted by molar-refractivity contribution is 4.76. The lowest BCUT2D eigenvalue weighted by Gasteiger charge is -2.38. The molecule has 2 nitrogen and oxygen atoms in total. The van der Waals surface area contributed by atoms with Gasteiger partial charge in [-0.2, -0.15) is 0 Å². The summed E-state index contributed by atoms with van der Waals surface area (Å²) in [6.45, 7) is 21.9. The van der Waals surface area contributed by atoms with Gasteiger partial charge in [0.25, 0.3) is 0 Å². The molecule has 0 saturated carbocycles. The van der Waals surface area contributed by atoms with Crippen LogP contribution < -0.4 is 5.43 Å². The highest BCUT2D eigenvalue weighted by Crippen LogP contribution is 2.20. The number of nitrogens with one attached hydrogen (secondary N) is 1. The molecule has 0 spiro atoms. The molecule has 0 aliphatic carbocycles. The molecule has 0 bridgehead atoms. The second kappa shape index (κ2) is 8.16. The van der Waals surface area contributed by atoms with Gasteiger partial charge in [-0.15, -0.1) is 0 Å². The molecular formula is C16H36N2. The zero-order valence-electron chi connectivity index (χ0n) is 14.1. The minimum absolute atomic E-state index is 0.534. The van der Waals surface area contributed by atoms with Crippen molar-refractivity contribution in [3.63, 3.8) is 0 Å². The molecule has 0 aliphatic rings. The first-order chi connectivity index (χ1) is 8.22. The Morgan fingerprint density at radius 1 is 0.778 bits per heavy atom. The predicted octanol–water partition coefficient (Wildman–Crippen LogP) is 4.17. The first kappa shape index (κ1) is 17.9. The quantitative estimate of drug-likeness (QED) is 0.656. The fourth-order valence-corrected chi connectivity index (χ4v) is 2.29. The number of hydrazine groups is 1. The molecular weight excluding hydrogens is 220 g/mol. The molecule has 110 valence electrons. The van der Waals surface area contributed by atoms with Crippen molar-refractivity contribution < 1.29 is 0 Å². The third-order valence-corrected chi connectivity index (χ3v) is 4.85. The van der Waals surface area contributed by atoms with Crippen molar-refractivity contribution in [2.45, 2.75) is 74.4 Å². The van der Waals surface area contributed by atoms with Crippen LogP contribution in [0.15, 0.2) is 0 Å². The lowest BCUT2D eigenvalue weighted by Crippen LogP contribution is -2.53. The molecule has 4 atom stereocenters. The first-order valence-corrected chi connectivity index (χ1v) is 7.75. The summed E-state index contributed by atoms with van der Waals surface area (Å²) in [5.41, 5.74) is 3.72. The highest BCUT2D eigenvalue weighted by Gasteiger charge is 2.24. The second-order valence-electron chi connectivity index (χ2n) is 6.65. The average Bonchev–Trinajstić information content (AvgIpc) is 2.32. The van der Waals surface area contributed by atoms with E-state index in [1.54, 1.807) is 0 Å². The fourth-order valence-electron chi connectivity index (χ4n) is 2.29. The molecule has 0 rings (SSSR count). The van der Waals surface area contributed by atoms with Crippen molar-refractivity contribution in [2.24, 2.45) is 23.7 Å². The normalized spacial score (nSPS) is 19.3. The van der Waals surface area contributed by atoms with E-state index in [4.69, 9.17) is 0 Å². The Kier molecular flexibility index (Phi) is 8.13. The van der Waals surface area contributed by atoms with Gasteiger partial charge in [0, 0.05) is 18.6 Å². The molecule has 2 unspecified atom stereocenters. The lowest BCUT2D eigenvalue weighted by molar-refractivity contribution is 0.0566. The van der Waals surface area contributed by atoms with E-state index in [9.17, 15) is 0 Å². The monoisotopic (exact) mass is 256 g/mol. The summed E-state index contributed by atoms with van der Waals surface area (Å²) < 4.78 is 0. The zero-order valence-corrected chi connectivity index (χ0v) is 14.1. The summed E-state index contributed by atoms with van der Waals surface area (Å²) in [6.07, 6.45) is 0. The van der Waals surface area contributed by atoms with Gasteiger partial charge in [-0.25, -0.2) is 5.01 Å². The van der Waals surface area contributed by atoms with Gasteiger partial charge in [0.1, 0.15) is 0 Å². The lowest BCUT2D eigenvalue weighted by atomic mass is 9.90. The van der Waals surface area contributed by atoms with Gasteiger partial charge < -0.3 is 0 Å². The van der Waals surface area contributed by atoms with Crippen molar-refractivity contribution in [1.29, 1.82) is 0 Å². The Labute approximate surface area is 115 Å². The summed E-state index contributed by atoms with van der Waals surface area (Å²) in [4.78, 5) is 0. The third-order valence-electron chi connectivity index (χ3n) is 4.85. The highest BCUT2D eigenvalue weighted by atomic mass is 15.5. The van der Waals surface area contributed by atoms with Crippen LogP contribution in [0, 0.1) is 23.7 Å². The van der Waals surface area contributed by atoms with E-state index in [1.807, 2.05) is 0 Å². The van der Waals surface area contributed by atoms with Crippen LogP contribution in [0.2, 0.25) is 0 Å². The van der Waals surface area contributed by atoms with Gasteiger partial charge in [-0.3, -0.25) is 5.43 Å². The molecule has 0 saturated heterocycles. The van der Waals surface area contributed by atoms with Crippen molar-refractivity contribution >= 4 is 0 Å². The van der Waals surface area contributed by atoms with Gasteiger partial charge in [-0.05, 0) is 37.5 Å². The molecule has 0 amide bonds. The van der Waals surface area contributed by atoms with Crippen molar-refractivity contribution in [3.8, 4) is 0 Å². The molecule has 0 aromatic heterocycles. The predicted molar refractivity (Wildman–Crippen MR) is 82.4 cm³/mol. The summed E-state index contributed by atoms with van der Waals surface area (Å²) in [6, 6.07) is 1.11. The fraction of sp³-hybridized carbons (Fsp3) is 1.00. The number of hydrogen-bond donors (Lipinski definition) is 1. The van der Waals surface area contributed by atoms with E-state index in [0.29, 0.717) is 23.9 Å². The minimum atomic E-state index is 0.534. The van der Waals surface area contributed by atoms with Gasteiger partial charge in [0.2, 0.25) is 0 Å². The van der Waals surface area contributed by atoms with E-state index >= 15 is 0 Å². The standard InChI is InChI=1S/C16H36N2/c1-10-18(16(9)14(7)12(4)5)17-15(8)13(6)11(2)3/h11-17H,10H2,1-9H3/t13?,14-,15?,16-/m0/s1. The van der Waals surface area contributed by atoms with E-state index in [-0.39, 0.29) is 0 Å². The minimum Gasteiger partial charge on any atom is -0.252 e. The Balaban J connectivity index is 4.51. The van der Waals surface area contributed by atoms with Crippen LogP contribution in [-0.2, 0) is 0 Å². The molecule has 0 radical (unpaired) electrons. The number of nitrogens with zero attached hydrogens (tertiary/aromatic N) is 1. The third kappa shape index (κ3) is 5.27. The Morgan fingerprint density at radius 3 is 1.56 bits per heavy atom. The Bertz CT molecular complexity index is 213. The molecule has 18 heavy (non-hydrogen) atoms. The maximum absolute atomic E-state index is 3.72. The van der Waals surface area contributed by atoms with Gasteiger partial charge in [0.05, 0.1) is 0 Å². The maximum atomic E-state index is 3.72. The van der Waals surface area contributed by atoms with Gasteiger partial charge >= 0.3 is 0 Å². The van der Waals surface area contributed by atoms with Crippen molar-refractivity contribution in [2.75, 3.05) is 6.54 Å². The summed E-state index contributed by atoms with van der Waals surface area (Å²) >= 11 is 0.